The molecule has 0 aromatic carbocycles. The van der Waals surface area contributed by atoms with Crippen LogP contribution in [0, 0.1) is 5.41 Å². The second kappa shape index (κ2) is 13.7. The Labute approximate surface area is 197 Å². The van der Waals surface area contributed by atoms with Gasteiger partial charge in [0.05, 0.1) is 0 Å². The van der Waals surface area contributed by atoms with Crippen LogP contribution in [0.4, 0.5) is 0 Å². The Morgan fingerprint density at radius 1 is 0.750 bits per heavy atom. The molecule has 0 heterocycles. The zero-order valence-corrected chi connectivity index (χ0v) is 21.5. The molecule has 0 bridgehead atoms. The van der Waals surface area contributed by atoms with Crippen molar-refractivity contribution >= 4 is 5.78 Å². The maximum atomic E-state index is 11.2. The third-order valence-electron chi connectivity index (χ3n) is 5.86. The van der Waals surface area contributed by atoms with Gasteiger partial charge in [0, 0.05) is 0 Å². The molecule has 0 spiro atoms. The van der Waals surface area contributed by atoms with Crippen LogP contribution in [0.1, 0.15) is 74.7 Å². The van der Waals surface area contributed by atoms with Crippen molar-refractivity contribution in [3.8, 4) is 0 Å². The van der Waals surface area contributed by atoms with E-state index in [1.165, 1.54) is 41.6 Å². The maximum Gasteiger partial charge on any atom is 0.155 e. The van der Waals surface area contributed by atoms with Crippen molar-refractivity contribution in [3.05, 3.63) is 106 Å². The van der Waals surface area contributed by atoms with Crippen LogP contribution in [0.5, 0.6) is 0 Å². The first-order valence-corrected chi connectivity index (χ1v) is 11.6. The molecule has 32 heavy (non-hydrogen) atoms. The number of hydrogen-bond donors (Lipinski definition) is 0. The molecule has 1 aliphatic rings. The highest BCUT2D eigenvalue weighted by molar-refractivity contribution is 5.92. The van der Waals surface area contributed by atoms with Gasteiger partial charge in [-0.15, -0.1) is 0 Å². The Morgan fingerprint density at radius 3 is 1.78 bits per heavy atom. The minimum atomic E-state index is 0.103. The van der Waals surface area contributed by atoms with Gasteiger partial charge < -0.3 is 0 Å². The van der Waals surface area contributed by atoms with Gasteiger partial charge in [-0.1, -0.05) is 109 Å². The summed E-state index contributed by atoms with van der Waals surface area (Å²) in [5, 5.41) is 0. The third kappa shape index (κ3) is 10.6. The van der Waals surface area contributed by atoms with E-state index in [9.17, 15) is 4.79 Å². The van der Waals surface area contributed by atoms with Gasteiger partial charge in [0.2, 0.25) is 0 Å². The molecule has 1 aliphatic carbocycles. The fourth-order valence-corrected chi connectivity index (χ4v) is 3.62. The summed E-state index contributed by atoms with van der Waals surface area (Å²) in [4.78, 5) is 11.2. The van der Waals surface area contributed by atoms with Gasteiger partial charge >= 0.3 is 0 Å². The molecule has 0 radical (unpaired) electrons. The molecule has 1 nitrogen and oxygen atoms in total. The summed E-state index contributed by atoms with van der Waals surface area (Å²) >= 11 is 0. The second-order valence-corrected chi connectivity index (χ2v) is 9.51. The number of hydrogen-bond acceptors (Lipinski definition) is 1. The summed E-state index contributed by atoms with van der Waals surface area (Å²) in [6, 6.07) is 0. The number of allylic oxidation sites excluding steroid dienone is 18. The van der Waals surface area contributed by atoms with Crippen molar-refractivity contribution in [1.82, 2.24) is 0 Å². The Morgan fingerprint density at radius 2 is 1.25 bits per heavy atom. The summed E-state index contributed by atoms with van der Waals surface area (Å²) in [7, 11) is 0. The highest BCUT2D eigenvalue weighted by Gasteiger charge is 2.26. The lowest BCUT2D eigenvalue weighted by atomic mass is 9.72. The zero-order valence-electron chi connectivity index (χ0n) is 21.5. The van der Waals surface area contributed by atoms with Crippen molar-refractivity contribution in [2.24, 2.45) is 5.41 Å². The maximum absolute atomic E-state index is 11.2. The quantitative estimate of drug-likeness (QED) is 0.263. The van der Waals surface area contributed by atoms with Crippen molar-refractivity contribution in [2.45, 2.75) is 74.7 Å². The van der Waals surface area contributed by atoms with Crippen molar-refractivity contribution in [3.63, 3.8) is 0 Å². The molecule has 1 rings (SSSR count). The van der Waals surface area contributed by atoms with E-state index in [-0.39, 0.29) is 11.2 Å². The normalized spacial score (nSPS) is 19.4. The number of carbonyl (C=O) groups excluding carboxylic acids is 1. The largest absolute Gasteiger partial charge is 0.295 e. The minimum absolute atomic E-state index is 0.103. The van der Waals surface area contributed by atoms with Gasteiger partial charge in [0.15, 0.2) is 5.78 Å². The average molecular weight is 431 g/mol. The highest BCUT2D eigenvalue weighted by atomic mass is 16.1. The van der Waals surface area contributed by atoms with E-state index < -0.39 is 0 Å². The lowest BCUT2D eigenvalue weighted by Gasteiger charge is -2.32. The van der Waals surface area contributed by atoms with Crippen molar-refractivity contribution in [2.75, 3.05) is 0 Å². The van der Waals surface area contributed by atoms with E-state index in [1.54, 1.807) is 6.92 Å². The number of carbonyl (C=O) groups is 1. The van der Waals surface area contributed by atoms with E-state index in [4.69, 9.17) is 0 Å². The second-order valence-electron chi connectivity index (χ2n) is 9.51. The minimum Gasteiger partial charge on any atom is -0.295 e. The monoisotopic (exact) mass is 430 g/mol. The average Bonchev–Trinajstić information content (AvgIpc) is 2.70. The molecule has 0 saturated heterocycles. The van der Waals surface area contributed by atoms with E-state index in [1.807, 2.05) is 44.2 Å². The van der Waals surface area contributed by atoms with Crippen LogP contribution in [0.2, 0.25) is 0 Å². The third-order valence-corrected chi connectivity index (χ3v) is 5.86. The van der Waals surface area contributed by atoms with Gasteiger partial charge in [-0.05, 0) is 77.4 Å². The van der Waals surface area contributed by atoms with E-state index in [0.29, 0.717) is 0 Å². The topological polar surface area (TPSA) is 17.1 Å². The molecule has 0 saturated carbocycles. The van der Waals surface area contributed by atoms with Gasteiger partial charge in [-0.3, -0.25) is 4.79 Å². The first-order valence-electron chi connectivity index (χ1n) is 11.6. The number of Topliss-reactive ketones (excluding diaryl/α,β-unsaturated/α-hetero) is 1. The molecule has 172 valence electrons. The Kier molecular flexibility index (Phi) is 11.7. The summed E-state index contributed by atoms with van der Waals surface area (Å²) in [6.07, 6.45) is 28.7. The standard InChI is InChI=1S/C31H42O/c1-24(14-9-10-15-25(2)18-12-19-27(4)29(6)32)16-11-17-26(3)21-22-30-28(5)20-13-23-31(30,7)8/h9-12,14-19,21-22H,13,20,23H2,1-8H3. The predicted molar refractivity (Wildman–Crippen MR) is 143 cm³/mol. The van der Waals surface area contributed by atoms with Gasteiger partial charge in [-0.2, -0.15) is 0 Å². The van der Waals surface area contributed by atoms with Gasteiger partial charge in [-0.25, -0.2) is 0 Å². The number of rotatable bonds is 9. The molecule has 0 fully saturated rings. The van der Waals surface area contributed by atoms with E-state index in [0.717, 1.165) is 11.1 Å². The molecule has 0 aromatic heterocycles. The molecule has 0 amide bonds. The molecule has 0 atom stereocenters. The van der Waals surface area contributed by atoms with Crippen molar-refractivity contribution in [1.29, 1.82) is 0 Å². The fourth-order valence-electron chi connectivity index (χ4n) is 3.62. The lowest BCUT2D eigenvalue weighted by molar-refractivity contribution is -0.113. The Bertz CT molecular complexity index is 931. The Hall–Kier alpha value is -2.67. The summed E-state index contributed by atoms with van der Waals surface area (Å²) in [5.41, 5.74) is 7.67. The Balaban J connectivity index is 2.65. The fraction of sp³-hybridized carbons (Fsp3) is 0.387. The van der Waals surface area contributed by atoms with E-state index in [2.05, 4.69) is 77.2 Å². The molecular formula is C31H42O. The number of ketones is 1. The molecule has 1 heteroatoms. The van der Waals surface area contributed by atoms with Crippen LogP contribution in [0.3, 0.4) is 0 Å². The van der Waals surface area contributed by atoms with Crippen LogP contribution in [0.25, 0.3) is 0 Å². The smallest absolute Gasteiger partial charge is 0.155 e. The molecule has 0 N–H and O–H groups in total. The molecule has 0 aromatic rings. The van der Waals surface area contributed by atoms with Crippen LogP contribution >= 0.6 is 0 Å². The first-order chi connectivity index (χ1) is 15.0. The van der Waals surface area contributed by atoms with Crippen LogP contribution < -0.4 is 0 Å². The summed E-state index contributed by atoms with van der Waals surface area (Å²) in [5.74, 6) is 0.103. The van der Waals surface area contributed by atoms with E-state index >= 15 is 0 Å². The lowest BCUT2D eigenvalue weighted by Crippen LogP contribution is -2.19. The van der Waals surface area contributed by atoms with Crippen molar-refractivity contribution < 1.29 is 4.79 Å². The molecule has 0 aliphatic heterocycles. The highest BCUT2D eigenvalue weighted by Crippen LogP contribution is 2.40. The molecule has 0 unspecified atom stereocenters. The van der Waals surface area contributed by atoms with Gasteiger partial charge in [0.1, 0.15) is 0 Å². The summed E-state index contributed by atoms with van der Waals surface area (Å²) < 4.78 is 0. The summed E-state index contributed by atoms with van der Waals surface area (Å²) in [6.45, 7) is 16.7. The van der Waals surface area contributed by atoms with Gasteiger partial charge in [0.25, 0.3) is 0 Å². The van der Waals surface area contributed by atoms with Crippen LogP contribution in [-0.4, -0.2) is 5.78 Å². The molecular weight excluding hydrogens is 388 g/mol. The predicted octanol–water partition coefficient (Wildman–Crippen LogP) is 9.11. The van der Waals surface area contributed by atoms with Crippen LogP contribution in [-0.2, 0) is 4.79 Å². The first kappa shape index (κ1) is 27.4. The SMILES string of the molecule is CC(=O)C(C)=CC=CC(C)=CC=CC=C(C)C=CC=C(C)C=CC1=C(C)CCCC1(C)C. The zero-order chi connectivity index (χ0) is 24.1. The van der Waals surface area contributed by atoms with Crippen LogP contribution in [0.15, 0.2) is 106 Å².